The van der Waals surface area contributed by atoms with Crippen molar-refractivity contribution in [3.63, 3.8) is 0 Å². The molecule has 190 valence electrons. The van der Waals surface area contributed by atoms with Crippen molar-refractivity contribution in [2.45, 2.75) is 72.1 Å². The summed E-state index contributed by atoms with van der Waals surface area (Å²) in [7, 11) is 0. The van der Waals surface area contributed by atoms with Gasteiger partial charge in [0.15, 0.2) is 5.78 Å². The lowest BCUT2D eigenvalue weighted by molar-refractivity contribution is 0.104. The van der Waals surface area contributed by atoms with Crippen LogP contribution in [0.2, 0.25) is 0 Å². The van der Waals surface area contributed by atoms with E-state index in [1.807, 2.05) is 36.4 Å². The molecular formula is C30H42N2O2S. The molecule has 1 aromatic heterocycles. The van der Waals surface area contributed by atoms with Crippen LogP contribution in [0.1, 0.15) is 86.5 Å². The van der Waals surface area contributed by atoms with Crippen LogP contribution >= 0.6 is 11.3 Å². The Morgan fingerprint density at radius 3 is 2.20 bits per heavy atom. The fourth-order valence-electron chi connectivity index (χ4n) is 4.33. The molecule has 1 heterocycles. The normalized spacial score (nSPS) is 11.4. The first-order chi connectivity index (χ1) is 17.1. The van der Waals surface area contributed by atoms with E-state index in [1.54, 1.807) is 11.3 Å². The van der Waals surface area contributed by atoms with E-state index in [0.717, 1.165) is 48.1 Å². The third kappa shape index (κ3) is 7.81. The molecule has 2 aromatic carbocycles. The number of ketones is 1. The first-order valence-electron chi connectivity index (χ1n) is 13.4. The number of anilines is 1. The number of fused-ring (bicyclic) bond motifs is 1. The lowest BCUT2D eigenvalue weighted by Gasteiger charge is -2.21. The second-order valence-electron chi connectivity index (χ2n) is 9.36. The van der Waals surface area contributed by atoms with E-state index in [0.29, 0.717) is 23.4 Å². The fraction of sp³-hybridized carbons (Fsp3) is 0.500. The number of nitrogens with two attached hydrogens (primary N) is 1. The lowest BCUT2D eigenvalue weighted by atomic mass is 9.98. The van der Waals surface area contributed by atoms with E-state index < -0.39 is 0 Å². The van der Waals surface area contributed by atoms with E-state index in [4.69, 9.17) is 10.5 Å². The summed E-state index contributed by atoms with van der Waals surface area (Å²) in [6.45, 7) is 10.8. The Kier molecular flexibility index (Phi) is 11.1. The van der Waals surface area contributed by atoms with E-state index in [2.05, 4.69) is 31.7 Å². The smallest absolute Gasteiger partial charge is 0.195 e. The highest BCUT2D eigenvalue weighted by Crippen LogP contribution is 2.34. The number of nitrogen functional groups attached to an aromatic ring is 1. The molecule has 0 aliphatic rings. The zero-order chi connectivity index (χ0) is 25.0. The number of aryl methyl sites for hydroxylation is 1. The molecule has 0 unspecified atom stereocenters. The van der Waals surface area contributed by atoms with Gasteiger partial charge in [-0.15, -0.1) is 11.3 Å². The van der Waals surface area contributed by atoms with Crippen molar-refractivity contribution in [3.8, 4) is 5.75 Å². The van der Waals surface area contributed by atoms with E-state index in [-0.39, 0.29) is 5.78 Å². The Morgan fingerprint density at radius 2 is 1.54 bits per heavy atom. The largest absolute Gasteiger partial charge is 0.494 e. The number of hydrogen-bond donors (Lipinski definition) is 1. The molecular weight excluding hydrogens is 452 g/mol. The van der Waals surface area contributed by atoms with Crippen LogP contribution in [-0.4, -0.2) is 36.9 Å². The number of benzene rings is 2. The number of ether oxygens (including phenoxy) is 1. The molecule has 3 rings (SSSR count). The van der Waals surface area contributed by atoms with Gasteiger partial charge in [-0.3, -0.25) is 4.79 Å². The van der Waals surface area contributed by atoms with Crippen LogP contribution in [0, 0.1) is 0 Å². The minimum absolute atomic E-state index is 0.0259. The maximum absolute atomic E-state index is 13.4. The van der Waals surface area contributed by atoms with Gasteiger partial charge in [-0.2, -0.15) is 0 Å². The molecule has 0 fully saturated rings. The number of hydrogen-bond acceptors (Lipinski definition) is 5. The Hall–Kier alpha value is -2.37. The highest BCUT2D eigenvalue weighted by atomic mass is 32.1. The van der Waals surface area contributed by atoms with Gasteiger partial charge in [0, 0.05) is 32.8 Å². The summed E-state index contributed by atoms with van der Waals surface area (Å²) in [5.41, 5.74) is 8.09. The number of unbranched alkanes of at least 4 members (excludes halogenated alkanes) is 3. The van der Waals surface area contributed by atoms with Crippen molar-refractivity contribution in [3.05, 3.63) is 58.5 Å². The number of carbonyl (C=O) groups excluding carboxylic acids is 1. The van der Waals surface area contributed by atoms with E-state index in [1.165, 1.54) is 43.6 Å². The zero-order valence-corrected chi connectivity index (χ0v) is 22.6. The van der Waals surface area contributed by atoms with Gasteiger partial charge in [0.25, 0.3) is 0 Å². The maximum Gasteiger partial charge on any atom is 0.195 e. The molecule has 0 amide bonds. The molecule has 5 heteroatoms. The van der Waals surface area contributed by atoms with Crippen LogP contribution in [0.4, 0.5) is 5.69 Å². The van der Waals surface area contributed by atoms with E-state index in [9.17, 15) is 4.79 Å². The van der Waals surface area contributed by atoms with Crippen molar-refractivity contribution >= 4 is 32.9 Å². The number of thiophene rings is 1. The highest BCUT2D eigenvalue weighted by molar-refractivity contribution is 7.19. The van der Waals surface area contributed by atoms with Crippen LogP contribution in [0.3, 0.4) is 0 Å². The van der Waals surface area contributed by atoms with Crippen molar-refractivity contribution in [1.29, 1.82) is 0 Å². The first-order valence-corrected chi connectivity index (χ1v) is 14.2. The summed E-state index contributed by atoms with van der Waals surface area (Å²) in [6.07, 6.45) is 9.34. The number of rotatable bonds is 16. The van der Waals surface area contributed by atoms with Crippen molar-refractivity contribution < 1.29 is 9.53 Å². The monoisotopic (exact) mass is 494 g/mol. The summed E-state index contributed by atoms with van der Waals surface area (Å²) in [4.78, 5) is 17.3. The lowest BCUT2D eigenvalue weighted by Crippen LogP contribution is -2.28. The number of nitrogens with zero attached hydrogens (tertiary/aromatic N) is 1. The first kappa shape index (κ1) is 27.2. The fourth-order valence-corrected chi connectivity index (χ4v) is 5.45. The molecule has 0 saturated heterocycles. The minimum Gasteiger partial charge on any atom is -0.494 e. The highest BCUT2D eigenvalue weighted by Gasteiger charge is 2.18. The quantitative estimate of drug-likeness (QED) is 0.126. The molecule has 4 nitrogen and oxygen atoms in total. The van der Waals surface area contributed by atoms with Crippen molar-refractivity contribution in [2.75, 3.05) is 32.0 Å². The predicted octanol–water partition coefficient (Wildman–Crippen LogP) is 7.73. The van der Waals surface area contributed by atoms with Gasteiger partial charge in [0.05, 0.1) is 12.2 Å². The molecule has 0 aliphatic heterocycles. The molecule has 3 aromatic rings. The van der Waals surface area contributed by atoms with Gasteiger partial charge in [0.1, 0.15) is 5.75 Å². The van der Waals surface area contributed by atoms with E-state index >= 15 is 0 Å². The molecule has 0 radical (unpaired) electrons. The van der Waals surface area contributed by atoms with Gasteiger partial charge >= 0.3 is 0 Å². The predicted molar refractivity (Wildman–Crippen MR) is 151 cm³/mol. The van der Waals surface area contributed by atoms with Gasteiger partial charge < -0.3 is 15.4 Å². The van der Waals surface area contributed by atoms with Crippen molar-refractivity contribution in [1.82, 2.24) is 4.90 Å². The molecule has 0 atom stereocenters. The summed E-state index contributed by atoms with van der Waals surface area (Å²) in [6, 6.07) is 13.6. The second kappa shape index (κ2) is 14.3. The van der Waals surface area contributed by atoms with Gasteiger partial charge in [-0.1, -0.05) is 40.0 Å². The maximum atomic E-state index is 13.4. The average Bonchev–Trinajstić information content (AvgIpc) is 3.29. The van der Waals surface area contributed by atoms with Crippen LogP contribution in [0.25, 0.3) is 10.1 Å². The molecule has 0 bridgehead atoms. The van der Waals surface area contributed by atoms with Crippen LogP contribution in [0.5, 0.6) is 5.75 Å². The third-order valence-corrected chi connectivity index (χ3v) is 7.61. The van der Waals surface area contributed by atoms with Gasteiger partial charge in [-0.05, 0) is 87.7 Å². The van der Waals surface area contributed by atoms with Gasteiger partial charge in [-0.25, -0.2) is 0 Å². The van der Waals surface area contributed by atoms with Crippen molar-refractivity contribution in [2.24, 2.45) is 0 Å². The Bertz CT molecular complexity index is 1050. The third-order valence-electron chi connectivity index (χ3n) is 6.45. The molecule has 35 heavy (non-hydrogen) atoms. The number of carbonyl (C=O) groups is 1. The summed E-state index contributed by atoms with van der Waals surface area (Å²) < 4.78 is 7.11. The zero-order valence-electron chi connectivity index (χ0n) is 21.8. The Morgan fingerprint density at radius 1 is 0.886 bits per heavy atom. The molecule has 0 aliphatic carbocycles. The molecule has 0 spiro atoms. The Balaban J connectivity index is 1.60. The second-order valence-corrected chi connectivity index (χ2v) is 10.5. The summed E-state index contributed by atoms with van der Waals surface area (Å²) in [5.74, 6) is 0.778. The standard InChI is InChI=1S/C30H42N2O2S/c1-4-7-11-25-22-26-28(35-25)17-16-27(31)29(26)30(33)23-12-14-24(15-13-23)34-21-10-20-32(18-8-5-2)19-9-6-3/h12-17,22H,4-11,18-21,31H2,1-3H3. The topological polar surface area (TPSA) is 55.6 Å². The van der Waals surface area contributed by atoms with Crippen LogP contribution in [0.15, 0.2) is 42.5 Å². The minimum atomic E-state index is -0.0259. The SMILES string of the molecule is CCCCc1cc2c(C(=O)c3ccc(OCCCN(CCCC)CCCC)cc3)c(N)ccc2s1. The summed E-state index contributed by atoms with van der Waals surface area (Å²) >= 11 is 1.77. The Labute approximate surface area is 215 Å². The van der Waals surface area contributed by atoms with Crippen LogP contribution in [-0.2, 0) is 6.42 Å². The molecule has 0 saturated carbocycles. The van der Waals surface area contributed by atoms with Crippen LogP contribution < -0.4 is 10.5 Å². The average molecular weight is 495 g/mol. The van der Waals surface area contributed by atoms with Gasteiger partial charge in [0.2, 0.25) is 0 Å². The summed E-state index contributed by atoms with van der Waals surface area (Å²) in [5, 5.41) is 0.974. The molecule has 2 N–H and O–H groups in total.